The minimum absolute atomic E-state index is 0.222. The van der Waals surface area contributed by atoms with Crippen LogP contribution in [0.2, 0.25) is 0 Å². The number of morpholine rings is 1. The molecule has 6 heteroatoms. The van der Waals surface area contributed by atoms with Crippen molar-refractivity contribution in [2.24, 2.45) is 0 Å². The third kappa shape index (κ3) is 3.19. The average Bonchev–Trinajstić information content (AvgIpc) is 2.62. The Morgan fingerprint density at radius 3 is 2.50 bits per heavy atom. The smallest absolute Gasteiger partial charge is 0.341 e. The number of ether oxygens (including phenoxy) is 1. The molecule has 3 rings (SSSR count). The van der Waals surface area contributed by atoms with Crippen molar-refractivity contribution in [2.45, 2.75) is 13.3 Å². The molecule has 0 atom stereocenters. The molecule has 0 unspecified atom stereocenters. The Balaban J connectivity index is 1.95. The van der Waals surface area contributed by atoms with E-state index in [9.17, 15) is 9.59 Å². The number of aromatic carboxylic acids is 1. The summed E-state index contributed by atoms with van der Waals surface area (Å²) in [4.78, 5) is 28.1. The van der Waals surface area contributed by atoms with Gasteiger partial charge < -0.3 is 19.7 Å². The number of aryl methyl sites for hydroxylation is 1. The molecule has 24 heavy (non-hydrogen) atoms. The van der Waals surface area contributed by atoms with Gasteiger partial charge >= 0.3 is 5.97 Å². The summed E-state index contributed by atoms with van der Waals surface area (Å²) in [5.74, 6) is -1.21. The lowest BCUT2D eigenvalue weighted by Crippen LogP contribution is -2.36. The van der Waals surface area contributed by atoms with Gasteiger partial charge in [0.1, 0.15) is 5.56 Å². The zero-order chi connectivity index (χ0) is 17.1. The Morgan fingerprint density at radius 1 is 1.25 bits per heavy atom. The number of anilines is 1. The van der Waals surface area contributed by atoms with Crippen LogP contribution in [0.25, 0.3) is 11.3 Å². The first-order valence-electron chi connectivity index (χ1n) is 8.02. The van der Waals surface area contributed by atoms with Crippen LogP contribution >= 0.6 is 0 Å². The van der Waals surface area contributed by atoms with E-state index < -0.39 is 11.5 Å². The molecule has 1 fully saturated rings. The van der Waals surface area contributed by atoms with E-state index in [1.807, 2.05) is 31.2 Å². The number of carboxylic acid groups (broad SMARTS) is 1. The molecule has 2 aromatic rings. The van der Waals surface area contributed by atoms with E-state index in [0.29, 0.717) is 12.1 Å². The van der Waals surface area contributed by atoms with Crippen molar-refractivity contribution in [2.75, 3.05) is 31.2 Å². The van der Waals surface area contributed by atoms with Gasteiger partial charge in [-0.05, 0) is 35.7 Å². The fourth-order valence-electron chi connectivity index (χ4n) is 2.93. The molecule has 0 bridgehead atoms. The van der Waals surface area contributed by atoms with Crippen molar-refractivity contribution in [3.8, 4) is 11.3 Å². The summed E-state index contributed by atoms with van der Waals surface area (Å²) in [5.41, 5.74) is 2.68. The molecule has 126 valence electrons. The number of aromatic amines is 1. The highest BCUT2D eigenvalue weighted by atomic mass is 16.5. The molecule has 0 aliphatic carbocycles. The minimum atomic E-state index is -1.21. The minimum Gasteiger partial charge on any atom is -0.477 e. The van der Waals surface area contributed by atoms with E-state index >= 15 is 0 Å². The highest BCUT2D eigenvalue weighted by Crippen LogP contribution is 2.25. The Bertz CT molecular complexity index is 790. The monoisotopic (exact) mass is 328 g/mol. The standard InChI is InChI=1S/C18H20N2O4/c1-2-12-11-15(18(22)23)17(21)19-16(12)13-3-5-14(6-4-13)20-7-9-24-10-8-20/h3-6,11H,2,7-10H2,1H3,(H,19,21)(H,22,23). The van der Waals surface area contributed by atoms with Crippen LogP contribution < -0.4 is 10.5 Å². The van der Waals surface area contributed by atoms with Crippen LogP contribution in [0.3, 0.4) is 0 Å². The summed E-state index contributed by atoms with van der Waals surface area (Å²) in [6.07, 6.45) is 0.637. The molecule has 1 aromatic carbocycles. The van der Waals surface area contributed by atoms with Crippen LogP contribution in [-0.4, -0.2) is 42.4 Å². The van der Waals surface area contributed by atoms with Gasteiger partial charge in [0.15, 0.2) is 0 Å². The predicted molar refractivity (Wildman–Crippen MR) is 91.9 cm³/mol. The molecule has 6 nitrogen and oxygen atoms in total. The zero-order valence-corrected chi connectivity index (χ0v) is 13.5. The SMILES string of the molecule is CCc1cc(C(=O)O)c(=O)[nH]c1-c1ccc(N2CCOCC2)cc1. The van der Waals surface area contributed by atoms with Crippen molar-refractivity contribution in [3.63, 3.8) is 0 Å². The van der Waals surface area contributed by atoms with Gasteiger partial charge in [-0.25, -0.2) is 4.79 Å². The number of H-pyrrole nitrogens is 1. The molecule has 2 N–H and O–H groups in total. The quantitative estimate of drug-likeness (QED) is 0.898. The second-order valence-corrected chi connectivity index (χ2v) is 5.72. The third-order valence-electron chi connectivity index (χ3n) is 4.27. The number of aromatic nitrogens is 1. The van der Waals surface area contributed by atoms with Gasteiger partial charge in [-0.3, -0.25) is 4.79 Å². The van der Waals surface area contributed by atoms with E-state index in [4.69, 9.17) is 9.84 Å². The summed E-state index contributed by atoms with van der Waals surface area (Å²) in [7, 11) is 0. The van der Waals surface area contributed by atoms with Gasteiger partial charge in [0, 0.05) is 18.8 Å². The van der Waals surface area contributed by atoms with Crippen LogP contribution in [0.1, 0.15) is 22.8 Å². The van der Waals surface area contributed by atoms with Crippen molar-refractivity contribution < 1.29 is 14.6 Å². The van der Waals surface area contributed by atoms with Crippen molar-refractivity contribution in [1.29, 1.82) is 0 Å². The van der Waals surface area contributed by atoms with Crippen molar-refractivity contribution in [3.05, 3.63) is 51.8 Å². The van der Waals surface area contributed by atoms with E-state index in [1.165, 1.54) is 6.07 Å². The zero-order valence-electron chi connectivity index (χ0n) is 13.5. The van der Waals surface area contributed by atoms with Crippen molar-refractivity contribution in [1.82, 2.24) is 4.98 Å². The summed E-state index contributed by atoms with van der Waals surface area (Å²) < 4.78 is 5.36. The van der Waals surface area contributed by atoms with Gasteiger partial charge in [-0.2, -0.15) is 0 Å². The number of rotatable bonds is 4. The van der Waals surface area contributed by atoms with Crippen LogP contribution in [0.15, 0.2) is 35.1 Å². The van der Waals surface area contributed by atoms with Gasteiger partial charge in [0.25, 0.3) is 5.56 Å². The third-order valence-corrected chi connectivity index (χ3v) is 4.27. The van der Waals surface area contributed by atoms with E-state index in [-0.39, 0.29) is 5.56 Å². The largest absolute Gasteiger partial charge is 0.477 e. The predicted octanol–water partition coefficient (Wildman–Crippen LogP) is 2.14. The maximum atomic E-state index is 12.0. The molecule has 1 aliphatic heterocycles. The number of nitrogens with one attached hydrogen (secondary N) is 1. The number of pyridine rings is 1. The lowest BCUT2D eigenvalue weighted by molar-refractivity contribution is 0.0695. The molecule has 0 saturated carbocycles. The second-order valence-electron chi connectivity index (χ2n) is 5.72. The molecule has 1 aromatic heterocycles. The Kier molecular flexibility index (Phi) is 4.66. The Labute approximate surface area is 139 Å². The molecule has 0 radical (unpaired) electrons. The molecule has 0 amide bonds. The Hall–Kier alpha value is -2.60. The number of carboxylic acids is 1. The van der Waals surface area contributed by atoms with E-state index in [2.05, 4.69) is 9.88 Å². The lowest BCUT2D eigenvalue weighted by Gasteiger charge is -2.29. The molecule has 1 saturated heterocycles. The van der Waals surface area contributed by atoms with Gasteiger partial charge in [0.05, 0.1) is 18.9 Å². The molecular formula is C18H20N2O4. The molecule has 0 spiro atoms. The van der Waals surface area contributed by atoms with E-state index in [0.717, 1.165) is 43.1 Å². The topological polar surface area (TPSA) is 82.6 Å². The van der Waals surface area contributed by atoms with Crippen LogP contribution in [-0.2, 0) is 11.2 Å². The summed E-state index contributed by atoms with van der Waals surface area (Å²) >= 11 is 0. The highest BCUT2D eigenvalue weighted by molar-refractivity contribution is 5.88. The first kappa shape index (κ1) is 16.3. The van der Waals surface area contributed by atoms with Gasteiger partial charge in [0.2, 0.25) is 0 Å². The normalized spacial score (nSPS) is 14.6. The Morgan fingerprint density at radius 2 is 1.92 bits per heavy atom. The van der Waals surface area contributed by atoms with Gasteiger partial charge in [-0.1, -0.05) is 19.1 Å². The molecule has 1 aliphatic rings. The summed E-state index contributed by atoms with van der Waals surface area (Å²) in [5, 5.41) is 9.09. The maximum Gasteiger partial charge on any atom is 0.341 e. The maximum absolute atomic E-state index is 12.0. The summed E-state index contributed by atoms with van der Waals surface area (Å²) in [6.45, 7) is 5.12. The average molecular weight is 328 g/mol. The molecule has 2 heterocycles. The first-order valence-corrected chi connectivity index (χ1v) is 8.02. The van der Waals surface area contributed by atoms with E-state index in [1.54, 1.807) is 0 Å². The van der Waals surface area contributed by atoms with Crippen LogP contribution in [0.5, 0.6) is 0 Å². The summed E-state index contributed by atoms with van der Waals surface area (Å²) in [6, 6.07) is 9.41. The number of hydrogen-bond donors (Lipinski definition) is 2. The number of hydrogen-bond acceptors (Lipinski definition) is 4. The van der Waals surface area contributed by atoms with Gasteiger partial charge in [-0.15, -0.1) is 0 Å². The number of nitrogens with zero attached hydrogens (tertiary/aromatic N) is 1. The van der Waals surface area contributed by atoms with Crippen LogP contribution in [0.4, 0.5) is 5.69 Å². The first-order chi connectivity index (χ1) is 11.6. The molecular weight excluding hydrogens is 308 g/mol. The number of benzene rings is 1. The fraction of sp³-hybridized carbons (Fsp3) is 0.333. The van der Waals surface area contributed by atoms with Crippen molar-refractivity contribution >= 4 is 11.7 Å². The lowest BCUT2D eigenvalue weighted by atomic mass is 10.0. The second kappa shape index (κ2) is 6.88. The highest BCUT2D eigenvalue weighted by Gasteiger charge is 2.15. The number of carbonyl (C=O) groups is 1. The van der Waals surface area contributed by atoms with Crippen LogP contribution in [0, 0.1) is 0 Å². The fourth-order valence-corrected chi connectivity index (χ4v) is 2.93.